The molecule has 1 aromatic heterocycles. The van der Waals surface area contributed by atoms with Gasteiger partial charge in [-0.15, -0.1) is 6.42 Å². The van der Waals surface area contributed by atoms with E-state index < -0.39 is 28.7 Å². The Balaban J connectivity index is 1.55. The highest BCUT2D eigenvalue weighted by molar-refractivity contribution is 5.47. The molecule has 184 valence electrons. The van der Waals surface area contributed by atoms with Crippen molar-refractivity contribution in [1.29, 1.82) is 0 Å². The number of aromatic amines is 1. The van der Waals surface area contributed by atoms with Gasteiger partial charge in [-0.05, 0) is 35.8 Å². The quantitative estimate of drug-likeness (QED) is 0.238. The first kappa shape index (κ1) is 24.3. The number of hydrogen-bond acceptors (Lipinski definition) is 4. The molecule has 2 heterocycles. The molecule has 37 heavy (non-hydrogen) atoms. The van der Waals surface area contributed by atoms with Gasteiger partial charge in [0.05, 0.1) is 6.61 Å². The van der Waals surface area contributed by atoms with E-state index >= 15 is 0 Å². The van der Waals surface area contributed by atoms with Crippen LogP contribution in [0, 0.1) is 19.3 Å². The van der Waals surface area contributed by atoms with Gasteiger partial charge in [-0.2, -0.15) is 0 Å². The number of benzene rings is 3. The minimum atomic E-state index is -1.24. The molecule has 3 aromatic carbocycles. The summed E-state index contributed by atoms with van der Waals surface area (Å²) in [6.07, 6.45) is 10.1. The highest BCUT2D eigenvalue weighted by Gasteiger charge is 2.43. The van der Waals surface area contributed by atoms with Crippen LogP contribution in [0.3, 0.4) is 0 Å². The van der Waals surface area contributed by atoms with Crippen molar-refractivity contribution >= 4 is 0 Å². The Morgan fingerprint density at radius 3 is 1.95 bits per heavy atom. The predicted molar refractivity (Wildman–Crippen MR) is 142 cm³/mol. The van der Waals surface area contributed by atoms with Crippen LogP contribution < -0.4 is 11.2 Å². The van der Waals surface area contributed by atoms with Crippen LogP contribution in [0.5, 0.6) is 0 Å². The third-order valence-corrected chi connectivity index (χ3v) is 6.57. The van der Waals surface area contributed by atoms with Gasteiger partial charge in [0.15, 0.2) is 11.8 Å². The summed E-state index contributed by atoms with van der Waals surface area (Å²) in [6, 6.07) is 29.9. The number of nitrogens with zero attached hydrogens (tertiary/aromatic N) is 1. The average Bonchev–Trinajstić information content (AvgIpc) is 3.37. The first-order chi connectivity index (χ1) is 18.0. The normalized spacial score (nSPS) is 19.0. The summed E-state index contributed by atoms with van der Waals surface area (Å²) in [5.74, 6) is 2.73. The molecular formula is C31H26N2O4. The molecule has 6 heteroatoms. The number of H-pyrrole nitrogens is 1. The lowest BCUT2D eigenvalue weighted by molar-refractivity contribution is -0.0985. The van der Waals surface area contributed by atoms with E-state index in [4.69, 9.17) is 15.9 Å². The van der Waals surface area contributed by atoms with Crippen molar-refractivity contribution in [3.8, 4) is 12.3 Å². The molecule has 4 aromatic rings. The summed E-state index contributed by atoms with van der Waals surface area (Å²) in [6.45, 7) is 1.63. The van der Waals surface area contributed by atoms with Crippen molar-refractivity contribution in [2.45, 2.75) is 24.4 Å². The lowest BCUT2D eigenvalue weighted by Gasteiger charge is -2.38. The van der Waals surface area contributed by atoms with E-state index in [-0.39, 0.29) is 6.61 Å². The molecule has 2 atom stereocenters. The molecule has 0 bridgehead atoms. The Kier molecular flexibility index (Phi) is 6.49. The molecule has 6 nitrogen and oxygen atoms in total. The average molecular weight is 491 g/mol. The molecule has 0 amide bonds. The maximum Gasteiger partial charge on any atom is 0.330 e. The zero-order chi connectivity index (χ0) is 25.9. The van der Waals surface area contributed by atoms with Gasteiger partial charge in [0, 0.05) is 11.8 Å². The monoisotopic (exact) mass is 490 g/mol. The molecule has 1 N–H and O–H groups in total. The van der Waals surface area contributed by atoms with E-state index in [1.807, 2.05) is 91.0 Å². The number of aryl methyl sites for hydroxylation is 1. The van der Waals surface area contributed by atoms with Crippen molar-refractivity contribution in [1.82, 2.24) is 9.55 Å². The summed E-state index contributed by atoms with van der Waals surface area (Å²) >= 11 is 0. The number of rotatable bonds is 7. The van der Waals surface area contributed by atoms with Crippen LogP contribution in [-0.2, 0) is 15.1 Å². The molecule has 0 spiro atoms. The van der Waals surface area contributed by atoms with Gasteiger partial charge in [0.1, 0.15) is 5.60 Å². The molecule has 0 saturated carbocycles. The topological polar surface area (TPSA) is 73.3 Å². The lowest BCUT2D eigenvalue weighted by atomic mass is 9.80. The first-order valence-corrected chi connectivity index (χ1v) is 11.9. The Bertz CT molecular complexity index is 1470. The zero-order valence-electron chi connectivity index (χ0n) is 20.3. The molecule has 0 radical (unpaired) electrons. The third-order valence-electron chi connectivity index (χ3n) is 6.57. The maximum absolute atomic E-state index is 12.5. The lowest BCUT2D eigenvalue weighted by Crippen LogP contribution is -2.41. The molecule has 0 fully saturated rings. The molecule has 1 aliphatic rings. The highest BCUT2D eigenvalue weighted by Crippen LogP contribution is 2.42. The van der Waals surface area contributed by atoms with E-state index in [2.05, 4.69) is 10.9 Å². The summed E-state index contributed by atoms with van der Waals surface area (Å²) in [5, 5.41) is 0. The third kappa shape index (κ3) is 4.47. The minimum absolute atomic E-state index is 0.00622. The van der Waals surface area contributed by atoms with Crippen LogP contribution in [0.25, 0.3) is 0 Å². The van der Waals surface area contributed by atoms with Crippen LogP contribution in [-0.4, -0.2) is 21.8 Å². The fourth-order valence-electron chi connectivity index (χ4n) is 4.65. The Labute approximate surface area is 214 Å². The molecule has 0 unspecified atom stereocenters. The van der Waals surface area contributed by atoms with Crippen molar-refractivity contribution in [3.05, 3.63) is 152 Å². The number of aromatic nitrogens is 2. The van der Waals surface area contributed by atoms with Gasteiger partial charge < -0.3 is 9.47 Å². The number of terminal acetylenes is 1. The molecule has 0 saturated heterocycles. The summed E-state index contributed by atoms with van der Waals surface area (Å²) < 4.78 is 14.4. The van der Waals surface area contributed by atoms with Crippen LogP contribution in [0.4, 0.5) is 0 Å². The Morgan fingerprint density at radius 1 is 0.946 bits per heavy atom. The molecule has 1 aliphatic heterocycles. The van der Waals surface area contributed by atoms with E-state index in [9.17, 15) is 9.59 Å². The largest absolute Gasteiger partial charge is 0.356 e. The molecular weight excluding hydrogens is 464 g/mol. The van der Waals surface area contributed by atoms with E-state index in [0.717, 1.165) is 16.7 Å². The number of nitrogens with one attached hydrogen (secondary N) is 1. The zero-order valence-corrected chi connectivity index (χ0v) is 20.3. The van der Waals surface area contributed by atoms with Crippen LogP contribution in [0.2, 0.25) is 0 Å². The fraction of sp³-hybridized carbons (Fsp3) is 0.161. The van der Waals surface area contributed by atoms with E-state index in [0.29, 0.717) is 5.56 Å². The first-order valence-electron chi connectivity index (χ1n) is 11.9. The van der Waals surface area contributed by atoms with Crippen molar-refractivity contribution < 1.29 is 9.47 Å². The van der Waals surface area contributed by atoms with E-state index in [1.54, 1.807) is 19.1 Å². The summed E-state index contributed by atoms with van der Waals surface area (Å²) in [5.41, 5.74) is -0.0325. The SMILES string of the molecule is C#C[C@@]1(COC(c2ccccc2)(c2ccccc2)c2ccccc2)C=C[C@H](n2cc(C)c(=O)[nH]c2=O)O1. The number of hydrogen-bond donors (Lipinski definition) is 1. The van der Waals surface area contributed by atoms with Gasteiger partial charge >= 0.3 is 5.69 Å². The predicted octanol–water partition coefficient (Wildman–Crippen LogP) is 4.31. The van der Waals surface area contributed by atoms with Crippen LogP contribution in [0.15, 0.2) is 119 Å². The van der Waals surface area contributed by atoms with Gasteiger partial charge in [-0.3, -0.25) is 14.3 Å². The Hall–Kier alpha value is -4.44. The fourth-order valence-corrected chi connectivity index (χ4v) is 4.65. The standard InChI is InChI=1S/C31H26N2O4/c1-3-30(20-19-27(37-30)33-21-23(2)28(34)32-29(33)35)22-36-31(24-13-7-4-8-14-24,25-15-9-5-10-16-25)26-17-11-6-12-18-26/h1,4-21,27H,22H2,2H3,(H,32,34,35)/t27-,30+/m1/s1. The molecule has 5 rings (SSSR count). The smallest absolute Gasteiger partial charge is 0.330 e. The van der Waals surface area contributed by atoms with Crippen molar-refractivity contribution in [2.75, 3.05) is 6.61 Å². The van der Waals surface area contributed by atoms with Crippen molar-refractivity contribution in [2.24, 2.45) is 0 Å². The number of ether oxygens (including phenoxy) is 2. The summed E-state index contributed by atoms with van der Waals surface area (Å²) in [4.78, 5) is 26.6. The highest BCUT2D eigenvalue weighted by atomic mass is 16.6. The van der Waals surface area contributed by atoms with Crippen LogP contribution in [0.1, 0.15) is 28.5 Å². The van der Waals surface area contributed by atoms with Gasteiger partial charge in [0.25, 0.3) is 5.56 Å². The molecule has 0 aliphatic carbocycles. The second-order valence-electron chi connectivity index (χ2n) is 8.95. The van der Waals surface area contributed by atoms with Gasteiger partial charge in [-0.1, -0.05) is 96.9 Å². The summed E-state index contributed by atoms with van der Waals surface area (Å²) in [7, 11) is 0. The van der Waals surface area contributed by atoms with Crippen LogP contribution >= 0.6 is 0 Å². The van der Waals surface area contributed by atoms with Crippen molar-refractivity contribution in [3.63, 3.8) is 0 Å². The van der Waals surface area contributed by atoms with E-state index in [1.165, 1.54) is 10.8 Å². The Morgan fingerprint density at radius 2 is 1.46 bits per heavy atom. The maximum atomic E-state index is 12.5. The minimum Gasteiger partial charge on any atom is -0.356 e. The second kappa shape index (κ2) is 9.90. The van der Waals surface area contributed by atoms with Gasteiger partial charge in [-0.25, -0.2) is 4.79 Å². The van der Waals surface area contributed by atoms with Gasteiger partial charge in [0.2, 0.25) is 0 Å². The second-order valence-corrected chi connectivity index (χ2v) is 8.95.